The second-order valence-electron chi connectivity index (χ2n) is 7.14. The van der Waals surface area contributed by atoms with Crippen LogP contribution in [0.25, 0.3) is 0 Å². The Bertz CT molecular complexity index is 657. The molecule has 6 heteroatoms. The number of hydrogen-bond acceptors (Lipinski definition) is 5. The fourth-order valence-electron chi connectivity index (χ4n) is 4.10. The lowest BCUT2D eigenvalue weighted by atomic mass is 10.0. The van der Waals surface area contributed by atoms with E-state index in [0.29, 0.717) is 6.54 Å². The summed E-state index contributed by atoms with van der Waals surface area (Å²) in [7, 11) is 0. The SMILES string of the molecule is Cc1cc(C)c(N2C(=O)C[C@@H](N3CCN(CCO)CC3)C2=O)c(C)c1. The first kappa shape index (κ1) is 18.0. The van der Waals surface area contributed by atoms with Crippen LogP contribution in [-0.2, 0) is 9.59 Å². The maximum atomic E-state index is 13.0. The summed E-state index contributed by atoms with van der Waals surface area (Å²) in [5.74, 6) is -0.210. The van der Waals surface area contributed by atoms with Gasteiger partial charge in [0.25, 0.3) is 5.91 Å². The van der Waals surface area contributed by atoms with Gasteiger partial charge in [-0.05, 0) is 31.9 Å². The van der Waals surface area contributed by atoms with Crippen molar-refractivity contribution in [3.05, 3.63) is 28.8 Å². The number of benzene rings is 1. The van der Waals surface area contributed by atoms with Gasteiger partial charge in [-0.3, -0.25) is 19.4 Å². The normalized spacial score (nSPS) is 22.9. The molecule has 0 saturated carbocycles. The van der Waals surface area contributed by atoms with Gasteiger partial charge >= 0.3 is 0 Å². The van der Waals surface area contributed by atoms with Crippen molar-refractivity contribution in [2.24, 2.45) is 0 Å². The minimum Gasteiger partial charge on any atom is -0.395 e. The third-order valence-corrected chi connectivity index (χ3v) is 5.25. The highest BCUT2D eigenvalue weighted by atomic mass is 16.3. The molecule has 2 amide bonds. The zero-order valence-electron chi connectivity index (χ0n) is 15.3. The molecule has 25 heavy (non-hydrogen) atoms. The molecule has 1 aromatic carbocycles. The number of carbonyl (C=O) groups is 2. The van der Waals surface area contributed by atoms with Gasteiger partial charge in [-0.1, -0.05) is 17.7 Å². The van der Waals surface area contributed by atoms with Crippen molar-refractivity contribution in [3.8, 4) is 0 Å². The van der Waals surface area contributed by atoms with Crippen LogP contribution in [0.1, 0.15) is 23.1 Å². The molecule has 136 valence electrons. The van der Waals surface area contributed by atoms with Crippen molar-refractivity contribution in [1.82, 2.24) is 9.80 Å². The highest BCUT2D eigenvalue weighted by Gasteiger charge is 2.44. The standard InChI is InChI=1S/C19H27N3O3/c1-13-10-14(2)18(15(3)11-13)22-17(24)12-16(19(22)25)21-6-4-20(5-7-21)8-9-23/h10-11,16,23H,4-9,12H2,1-3H3/t16-/m1/s1. The van der Waals surface area contributed by atoms with E-state index in [1.807, 2.05) is 32.9 Å². The minimum atomic E-state index is -0.358. The lowest BCUT2D eigenvalue weighted by Gasteiger charge is -2.36. The summed E-state index contributed by atoms with van der Waals surface area (Å²) < 4.78 is 0. The fraction of sp³-hybridized carbons (Fsp3) is 0.579. The van der Waals surface area contributed by atoms with Gasteiger partial charge < -0.3 is 5.11 Å². The molecule has 0 bridgehead atoms. The summed E-state index contributed by atoms with van der Waals surface area (Å²) in [6, 6.07) is 3.68. The molecule has 6 nitrogen and oxygen atoms in total. The first-order valence-corrected chi connectivity index (χ1v) is 8.94. The third-order valence-electron chi connectivity index (χ3n) is 5.25. The van der Waals surface area contributed by atoms with Crippen molar-refractivity contribution in [2.75, 3.05) is 44.2 Å². The third kappa shape index (κ3) is 3.47. The number of carbonyl (C=O) groups excluding carboxylic acids is 2. The Morgan fingerprint density at radius 2 is 1.64 bits per heavy atom. The Labute approximate surface area is 149 Å². The summed E-state index contributed by atoms with van der Waals surface area (Å²) in [4.78, 5) is 31.4. The van der Waals surface area contributed by atoms with Crippen LogP contribution in [0.3, 0.4) is 0 Å². The minimum absolute atomic E-state index is 0.101. The largest absolute Gasteiger partial charge is 0.395 e. The number of anilines is 1. The highest BCUT2D eigenvalue weighted by Crippen LogP contribution is 2.32. The Kier molecular flexibility index (Phi) is 5.22. The van der Waals surface area contributed by atoms with Crippen molar-refractivity contribution >= 4 is 17.5 Å². The molecule has 2 fully saturated rings. The number of amides is 2. The van der Waals surface area contributed by atoms with Crippen LogP contribution >= 0.6 is 0 Å². The molecule has 2 aliphatic heterocycles. The zero-order valence-corrected chi connectivity index (χ0v) is 15.3. The molecular formula is C19H27N3O3. The van der Waals surface area contributed by atoms with Gasteiger partial charge in [-0.15, -0.1) is 0 Å². The number of hydrogen-bond donors (Lipinski definition) is 1. The number of β-amino-alcohol motifs (C(OH)–C–C–N with tert-alkyl or cyclic N) is 1. The van der Waals surface area contributed by atoms with E-state index in [0.717, 1.165) is 48.6 Å². The summed E-state index contributed by atoms with van der Waals surface area (Å²) in [5, 5.41) is 9.04. The molecule has 2 heterocycles. The predicted octanol–water partition coefficient (Wildman–Crippen LogP) is 0.854. The molecule has 0 aromatic heterocycles. The first-order chi connectivity index (χ1) is 11.9. The number of aryl methyl sites for hydroxylation is 3. The smallest absolute Gasteiger partial charge is 0.251 e. The molecule has 1 atom stereocenters. The van der Waals surface area contributed by atoms with Gasteiger partial charge in [-0.25, -0.2) is 4.90 Å². The van der Waals surface area contributed by atoms with Crippen LogP contribution in [0.15, 0.2) is 12.1 Å². The number of rotatable bonds is 4. The van der Waals surface area contributed by atoms with Crippen molar-refractivity contribution in [3.63, 3.8) is 0 Å². The van der Waals surface area contributed by atoms with E-state index < -0.39 is 0 Å². The lowest BCUT2D eigenvalue weighted by Crippen LogP contribution is -2.53. The average Bonchev–Trinajstić information content (AvgIpc) is 2.83. The second kappa shape index (κ2) is 7.23. The van der Waals surface area contributed by atoms with Crippen LogP contribution in [0, 0.1) is 20.8 Å². The summed E-state index contributed by atoms with van der Waals surface area (Å²) in [6.45, 7) is 9.90. The number of aliphatic hydroxyl groups excluding tert-OH is 1. The summed E-state index contributed by atoms with van der Waals surface area (Å²) in [5.41, 5.74) is 3.82. The molecule has 1 aromatic rings. The summed E-state index contributed by atoms with van der Waals surface area (Å²) in [6.07, 6.45) is 0.256. The van der Waals surface area contributed by atoms with Crippen LogP contribution < -0.4 is 4.90 Å². The number of piperazine rings is 1. The Balaban J connectivity index is 1.78. The van der Waals surface area contributed by atoms with Crippen LogP contribution in [-0.4, -0.2) is 72.1 Å². The molecule has 2 saturated heterocycles. The van der Waals surface area contributed by atoms with Gasteiger partial charge in [0.05, 0.1) is 24.8 Å². The maximum absolute atomic E-state index is 13.0. The van der Waals surface area contributed by atoms with E-state index in [1.165, 1.54) is 4.90 Å². The number of nitrogens with zero attached hydrogens (tertiary/aromatic N) is 3. The Morgan fingerprint density at radius 3 is 2.20 bits per heavy atom. The van der Waals surface area contributed by atoms with Crippen molar-refractivity contribution < 1.29 is 14.7 Å². The molecule has 0 spiro atoms. The predicted molar refractivity (Wildman–Crippen MR) is 96.6 cm³/mol. The van der Waals surface area contributed by atoms with Gasteiger partial charge in [0.2, 0.25) is 5.91 Å². The molecule has 2 aliphatic rings. The first-order valence-electron chi connectivity index (χ1n) is 8.94. The second-order valence-corrected chi connectivity index (χ2v) is 7.14. The Hall–Kier alpha value is -1.76. The summed E-state index contributed by atoms with van der Waals surface area (Å²) >= 11 is 0. The van der Waals surface area contributed by atoms with Crippen LogP contribution in [0.2, 0.25) is 0 Å². The van der Waals surface area contributed by atoms with Crippen molar-refractivity contribution in [2.45, 2.75) is 33.2 Å². The van der Waals surface area contributed by atoms with E-state index in [1.54, 1.807) is 0 Å². The lowest BCUT2D eigenvalue weighted by molar-refractivity contribution is -0.123. The molecule has 0 aliphatic carbocycles. The van der Waals surface area contributed by atoms with E-state index in [2.05, 4.69) is 9.80 Å². The van der Waals surface area contributed by atoms with Crippen LogP contribution in [0.5, 0.6) is 0 Å². The zero-order chi connectivity index (χ0) is 18.1. The monoisotopic (exact) mass is 345 g/mol. The average molecular weight is 345 g/mol. The van der Waals surface area contributed by atoms with E-state index in [9.17, 15) is 9.59 Å². The topological polar surface area (TPSA) is 64.1 Å². The molecule has 0 unspecified atom stereocenters. The number of aliphatic hydroxyl groups is 1. The molecular weight excluding hydrogens is 318 g/mol. The van der Waals surface area contributed by atoms with Gasteiger partial charge in [0, 0.05) is 32.7 Å². The van der Waals surface area contributed by atoms with Gasteiger partial charge in [0.15, 0.2) is 0 Å². The number of imide groups is 1. The molecule has 3 rings (SSSR count). The van der Waals surface area contributed by atoms with E-state index in [-0.39, 0.29) is 30.9 Å². The fourth-order valence-corrected chi connectivity index (χ4v) is 4.10. The van der Waals surface area contributed by atoms with E-state index in [4.69, 9.17) is 5.11 Å². The van der Waals surface area contributed by atoms with E-state index >= 15 is 0 Å². The van der Waals surface area contributed by atoms with Crippen molar-refractivity contribution in [1.29, 1.82) is 0 Å². The van der Waals surface area contributed by atoms with Gasteiger partial charge in [-0.2, -0.15) is 0 Å². The highest BCUT2D eigenvalue weighted by molar-refractivity contribution is 6.23. The maximum Gasteiger partial charge on any atom is 0.251 e. The Morgan fingerprint density at radius 1 is 1.04 bits per heavy atom. The van der Waals surface area contributed by atoms with Gasteiger partial charge in [0.1, 0.15) is 0 Å². The molecule has 0 radical (unpaired) electrons. The molecule has 1 N–H and O–H groups in total. The quantitative estimate of drug-likeness (QED) is 0.820. The van der Waals surface area contributed by atoms with Crippen LogP contribution in [0.4, 0.5) is 5.69 Å².